The van der Waals surface area contributed by atoms with E-state index < -0.39 is 10.0 Å². The van der Waals surface area contributed by atoms with Gasteiger partial charge in [-0.1, -0.05) is 13.8 Å². The van der Waals surface area contributed by atoms with Crippen molar-refractivity contribution in [1.82, 2.24) is 9.62 Å². The molecule has 1 aromatic heterocycles. The highest BCUT2D eigenvalue weighted by Crippen LogP contribution is 2.35. The number of thiophene rings is 1. The highest BCUT2D eigenvalue weighted by molar-refractivity contribution is 9.10. The zero-order valence-electron chi connectivity index (χ0n) is 15.9. The molecule has 0 spiro atoms. The maximum atomic E-state index is 12.9. The molecule has 0 fully saturated rings. The van der Waals surface area contributed by atoms with Gasteiger partial charge in [0.15, 0.2) is 11.5 Å². The molecule has 0 aliphatic carbocycles. The van der Waals surface area contributed by atoms with Crippen LogP contribution in [0.4, 0.5) is 0 Å². The Hall–Kier alpha value is -1.13. The van der Waals surface area contributed by atoms with E-state index in [2.05, 4.69) is 44.8 Å². The maximum Gasteiger partial charge on any atom is 0.241 e. The second-order valence-electron chi connectivity index (χ2n) is 5.78. The maximum absolute atomic E-state index is 12.9. The Morgan fingerprint density at radius 2 is 1.81 bits per heavy atom. The van der Waals surface area contributed by atoms with E-state index in [1.54, 1.807) is 17.4 Å². The van der Waals surface area contributed by atoms with Crippen LogP contribution in [0.5, 0.6) is 11.5 Å². The lowest BCUT2D eigenvalue weighted by Gasteiger charge is -2.29. The van der Waals surface area contributed by atoms with Gasteiger partial charge in [-0.05, 0) is 57.5 Å². The zero-order chi connectivity index (χ0) is 20.0. The first-order chi connectivity index (χ1) is 12.9. The molecule has 0 aliphatic heterocycles. The normalized spacial score (nSPS) is 13.0. The van der Waals surface area contributed by atoms with E-state index in [1.807, 2.05) is 11.4 Å². The van der Waals surface area contributed by atoms with Crippen molar-refractivity contribution in [1.29, 1.82) is 0 Å². The predicted molar refractivity (Wildman–Crippen MR) is 112 cm³/mol. The minimum Gasteiger partial charge on any atom is -0.493 e. The second-order valence-corrected chi connectivity index (χ2v) is 9.15. The molecule has 6 nitrogen and oxygen atoms in total. The van der Waals surface area contributed by atoms with E-state index in [9.17, 15) is 8.42 Å². The summed E-state index contributed by atoms with van der Waals surface area (Å²) >= 11 is 4.93. The molecule has 0 saturated carbocycles. The number of nitrogens with one attached hydrogen (secondary N) is 1. The average Bonchev–Trinajstić information content (AvgIpc) is 3.18. The van der Waals surface area contributed by atoms with E-state index in [0.717, 1.165) is 18.7 Å². The predicted octanol–water partition coefficient (Wildman–Crippen LogP) is 3.89. The number of methoxy groups -OCH3 is 2. The van der Waals surface area contributed by atoms with Crippen molar-refractivity contribution in [3.63, 3.8) is 0 Å². The van der Waals surface area contributed by atoms with Crippen molar-refractivity contribution in [2.45, 2.75) is 24.8 Å². The Kier molecular flexibility index (Phi) is 8.11. The van der Waals surface area contributed by atoms with Crippen molar-refractivity contribution >= 4 is 37.3 Å². The van der Waals surface area contributed by atoms with Crippen LogP contribution in [0.25, 0.3) is 0 Å². The quantitative estimate of drug-likeness (QED) is 0.563. The van der Waals surface area contributed by atoms with Crippen LogP contribution < -0.4 is 14.2 Å². The van der Waals surface area contributed by atoms with E-state index >= 15 is 0 Å². The number of ether oxygens (including phenoxy) is 2. The van der Waals surface area contributed by atoms with Crippen LogP contribution in [-0.4, -0.2) is 47.2 Å². The van der Waals surface area contributed by atoms with Crippen molar-refractivity contribution in [2.24, 2.45) is 0 Å². The number of rotatable bonds is 10. The van der Waals surface area contributed by atoms with Crippen LogP contribution >= 0.6 is 27.3 Å². The lowest BCUT2D eigenvalue weighted by atomic mass is 10.1. The molecular formula is C18H25BrN2O4S2. The number of sulfonamides is 1. The average molecular weight is 477 g/mol. The third kappa shape index (κ3) is 5.23. The summed E-state index contributed by atoms with van der Waals surface area (Å²) in [5.74, 6) is 0.821. The fourth-order valence-electron chi connectivity index (χ4n) is 2.89. The highest BCUT2D eigenvalue weighted by atomic mass is 79.9. The molecule has 2 aromatic rings. The smallest absolute Gasteiger partial charge is 0.241 e. The standard InChI is InChI=1S/C18H25BrN2O4S2/c1-5-21(6-2)15(13-7-8-26-12-13)11-20-27(22,23)18-10-17(25-4)16(24-3)9-14(18)19/h7-10,12,15,20H,5-6,11H2,1-4H3. The summed E-state index contributed by atoms with van der Waals surface area (Å²) in [6, 6.07) is 5.06. The third-order valence-electron chi connectivity index (χ3n) is 4.38. The fraction of sp³-hybridized carbons (Fsp3) is 0.444. The molecule has 1 heterocycles. The monoisotopic (exact) mass is 476 g/mol. The molecule has 0 aliphatic rings. The lowest BCUT2D eigenvalue weighted by molar-refractivity contribution is 0.220. The first kappa shape index (κ1) is 22.2. The summed E-state index contributed by atoms with van der Waals surface area (Å²) in [7, 11) is -0.759. The number of hydrogen-bond acceptors (Lipinski definition) is 6. The molecule has 1 aromatic carbocycles. The topological polar surface area (TPSA) is 67.9 Å². The van der Waals surface area contributed by atoms with Gasteiger partial charge in [0, 0.05) is 23.1 Å². The summed E-state index contributed by atoms with van der Waals surface area (Å²) in [4.78, 5) is 2.34. The third-order valence-corrected chi connectivity index (χ3v) is 7.46. The first-order valence-corrected chi connectivity index (χ1v) is 11.8. The molecule has 150 valence electrons. The molecule has 0 bridgehead atoms. The van der Waals surface area contributed by atoms with Crippen LogP contribution in [0.15, 0.2) is 38.3 Å². The highest BCUT2D eigenvalue weighted by Gasteiger charge is 2.25. The lowest BCUT2D eigenvalue weighted by Crippen LogP contribution is -2.38. The van der Waals surface area contributed by atoms with E-state index in [4.69, 9.17) is 9.47 Å². The second kappa shape index (κ2) is 9.88. The molecule has 0 amide bonds. The van der Waals surface area contributed by atoms with Crippen molar-refractivity contribution in [2.75, 3.05) is 33.9 Å². The van der Waals surface area contributed by atoms with Gasteiger partial charge in [0.1, 0.15) is 4.90 Å². The molecule has 9 heteroatoms. The van der Waals surface area contributed by atoms with Crippen LogP contribution in [-0.2, 0) is 10.0 Å². The van der Waals surface area contributed by atoms with Gasteiger partial charge in [0.2, 0.25) is 10.0 Å². The fourth-order valence-corrected chi connectivity index (χ4v) is 5.67. The van der Waals surface area contributed by atoms with Crippen LogP contribution in [0.3, 0.4) is 0 Å². The minimum atomic E-state index is -3.74. The number of halogens is 1. The molecule has 27 heavy (non-hydrogen) atoms. The molecule has 2 rings (SSSR count). The van der Waals surface area contributed by atoms with Gasteiger partial charge < -0.3 is 9.47 Å². The summed E-state index contributed by atoms with van der Waals surface area (Å²) in [5.41, 5.74) is 1.11. The summed E-state index contributed by atoms with van der Waals surface area (Å²) in [6.45, 7) is 6.09. The first-order valence-electron chi connectivity index (χ1n) is 8.55. The molecule has 0 saturated heterocycles. The van der Waals surface area contributed by atoms with Crippen LogP contribution in [0.1, 0.15) is 25.5 Å². The Bertz CT molecular complexity index is 837. The summed E-state index contributed by atoms with van der Waals surface area (Å²) in [5, 5.41) is 4.06. The van der Waals surface area contributed by atoms with Gasteiger partial charge >= 0.3 is 0 Å². The van der Waals surface area contributed by atoms with E-state index in [-0.39, 0.29) is 17.5 Å². The Balaban J connectivity index is 2.29. The Labute approximate surface area is 173 Å². The SMILES string of the molecule is CCN(CC)C(CNS(=O)(=O)c1cc(OC)c(OC)cc1Br)c1ccsc1. The molecular weight excluding hydrogens is 452 g/mol. The van der Waals surface area contributed by atoms with Crippen molar-refractivity contribution in [3.05, 3.63) is 39.0 Å². The molecule has 0 radical (unpaired) electrons. The van der Waals surface area contributed by atoms with Crippen LogP contribution in [0.2, 0.25) is 0 Å². The van der Waals surface area contributed by atoms with Gasteiger partial charge in [0.25, 0.3) is 0 Å². The van der Waals surface area contributed by atoms with E-state index in [1.165, 1.54) is 20.3 Å². The molecule has 1 N–H and O–H groups in total. The summed E-state index contributed by atoms with van der Waals surface area (Å²) < 4.78 is 39.5. The number of nitrogens with zero attached hydrogens (tertiary/aromatic N) is 1. The number of benzene rings is 1. The number of hydrogen-bond donors (Lipinski definition) is 1. The van der Waals surface area contributed by atoms with Gasteiger partial charge in [-0.3, -0.25) is 4.90 Å². The zero-order valence-corrected chi connectivity index (χ0v) is 19.1. The summed E-state index contributed by atoms with van der Waals surface area (Å²) in [6.07, 6.45) is 0. The largest absolute Gasteiger partial charge is 0.493 e. The Morgan fingerprint density at radius 3 is 2.33 bits per heavy atom. The van der Waals surface area contributed by atoms with Crippen molar-refractivity contribution in [3.8, 4) is 11.5 Å². The van der Waals surface area contributed by atoms with Gasteiger partial charge in [0.05, 0.1) is 14.2 Å². The molecule has 1 atom stereocenters. The minimum absolute atomic E-state index is 0.0278. The van der Waals surface area contributed by atoms with Gasteiger partial charge in [-0.25, -0.2) is 13.1 Å². The number of likely N-dealkylation sites (N-methyl/N-ethyl adjacent to an activating group) is 1. The Morgan fingerprint density at radius 1 is 1.19 bits per heavy atom. The van der Waals surface area contributed by atoms with Crippen molar-refractivity contribution < 1.29 is 17.9 Å². The van der Waals surface area contributed by atoms with Gasteiger partial charge in [-0.15, -0.1) is 0 Å². The molecule has 1 unspecified atom stereocenters. The van der Waals surface area contributed by atoms with Gasteiger partial charge in [-0.2, -0.15) is 11.3 Å². The van der Waals surface area contributed by atoms with E-state index in [0.29, 0.717) is 16.0 Å². The van der Waals surface area contributed by atoms with Crippen LogP contribution in [0, 0.1) is 0 Å².